The molecule has 0 radical (unpaired) electrons. The molecule has 2 fully saturated rings. The van der Waals surface area contributed by atoms with Gasteiger partial charge in [-0.3, -0.25) is 4.79 Å². The quantitative estimate of drug-likeness (QED) is 0.611. The van der Waals surface area contributed by atoms with Gasteiger partial charge < -0.3 is 25.0 Å². The normalized spacial score (nSPS) is 29.5. The number of aliphatic hydroxyl groups is 1. The molecule has 1 atom stereocenters. The molecule has 0 aromatic heterocycles. The smallest absolute Gasteiger partial charge is 0.329 e. The van der Waals surface area contributed by atoms with E-state index in [1.165, 1.54) is 0 Å². The number of aliphatic carboxylic acids is 1. The van der Waals surface area contributed by atoms with Crippen molar-refractivity contribution in [3.8, 4) is 0 Å². The SMILES string of the molecule is CCC(O)C1COC2(CCC(NC(=O)Cc3c(C)cc(Cl)cc3C)(C(=O)O)CC2)OC1. The summed E-state index contributed by atoms with van der Waals surface area (Å²) < 4.78 is 11.9. The summed E-state index contributed by atoms with van der Waals surface area (Å²) in [6, 6.07) is 3.60. The molecule has 3 rings (SSSR count). The van der Waals surface area contributed by atoms with E-state index in [2.05, 4.69) is 5.32 Å². The molecule has 1 aromatic rings. The van der Waals surface area contributed by atoms with Crippen LogP contribution in [0.1, 0.15) is 55.7 Å². The molecular weight excluding hydrogens is 422 g/mol. The van der Waals surface area contributed by atoms with E-state index in [0.29, 0.717) is 37.5 Å². The highest BCUT2D eigenvalue weighted by Crippen LogP contribution is 2.41. The molecule has 31 heavy (non-hydrogen) atoms. The molecule has 0 bridgehead atoms. The predicted octanol–water partition coefficient (Wildman–Crippen LogP) is 3.14. The first kappa shape index (κ1) is 24.0. The molecule has 3 N–H and O–H groups in total. The Bertz CT molecular complexity index is 800. The first-order valence-corrected chi connectivity index (χ1v) is 11.2. The molecule has 1 aliphatic carbocycles. The Labute approximate surface area is 188 Å². The van der Waals surface area contributed by atoms with Crippen LogP contribution in [0.15, 0.2) is 12.1 Å². The van der Waals surface area contributed by atoms with Gasteiger partial charge in [0.15, 0.2) is 5.79 Å². The number of aliphatic hydroxyl groups excluding tert-OH is 1. The molecule has 1 aromatic carbocycles. The summed E-state index contributed by atoms with van der Waals surface area (Å²) in [4.78, 5) is 24.9. The Kier molecular flexibility index (Phi) is 7.31. The second kappa shape index (κ2) is 9.45. The molecule has 2 aliphatic rings. The Balaban J connectivity index is 1.64. The zero-order valence-corrected chi connectivity index (χ0v) is 19.1. The zero-order valence-electron chi connectivity index (χ0n) is 18.4. The number of hydrogen-bond donors (Lipinski definition) is 3. The molecule has 8 heteroatoms. The van der Waals surface area contributed by atoms with Crippen molar-refractivity contribution >= 4 is 23.5 Å². The Morgan fingerprint density at radius 1 is 1.16 bits per heavy atom. The molecule has 1 saturated carbocycles. The van der Waals surface area contributed by atoms with Crippen LogP contribution in [0, 0.1) is 19.8 Å². The van der Waals surface area contributed by atoms with Crippen molar-refractivity contribution in [3.05, 3.63) is 33.8 Å². The minimum atomic E-state index is -1.34. The van der Waals surface area contributed by atoms with E-state index in [1.54, 1.807) is 12.1 Å². The van der Waals surface area contributed by atoms with Crippen LogP contribution in [0.5, 0.6) is 0 Å². The third-order valence-electron chi connectivity index (χ3n) is 6.73. The molecule has 1 unspecified atom stereocenters. The fraction of sp³-hybridized carbons (Fsp3) is 0.652. The second-order valence-electron chi connectivity index (χ2n) is 8.90. The Hall–Kier alpha value is -1.67. The van der Waals surface area contributed by atoms with Crippen molar-refractivity contribution in [2.75, 3.05) is 13.2 Å². The maximum atomic E-state index is 12.8. The van der Waals surface area contributed by atoms with Crippen molar-refractivity contribution in [3.63, 3.8) is 0 Å². The van der Waals surface area contributed by atoms with Crippen molar-refractivity contribution in [1.29, 1.82) is 0 Å². The van der Waals surface area contributed by atoms with Gasteiger partial charge in [-0.1, -0.05) is 18.5 Å². The fourth-order valence-corrected chi connectivity index (χ4v) is 4.92. The van der Waals surface area contributed by atoms with Crippen LogP contribution in [0.2, 0.25) is 5.02 Å². The van der Waals surface area contributed by atoms with E-state index in [0.717, 1.165) is 16.7 Å². The third-order valence-corrected chi connectivity index (χ3v) is 6.95. The van der Waals surface area contributed by atoms with Gasteiger partial charge in [-0.2, -0.15) is 0 Å². The van der Waals surface area contributed by atoms with Crippen LogP contribution < -0.4 is 5.32 Å². The second-order valence-corrected chi connectivity index (χ2v) is 9.34. The zero-order chi connectivity index (χ0) is 22.8. The number of rotatable bonds is 6. The molecule has 7 nitrogen and oxygen atoms in total. The van der Waals surface area contributed by atoms with Crippen molar-refractivity contribution < 1.29 is 29.3 Å². The lowest BCUT2D eigenvalue weighted by atomic mass is 9.77. The lowest BCUT2D eigenvalue weighted by Crippen LogP contribution is -2.61. The van der Waals surface area contributed by atoms with Gasteiger partial charge in [-0.15, -0.1) is 0 Å². The Morgan fingerprint density at radius 2 is 1.71 bits per heavy atom. The highest BCUT2D eigenvalue weighted by atomic mass is 35.5. The summed E-state index contributed by atoms with van der Waals surface area (Å²) in [6.07, 6.45) is 1.42. The monoisotopic (exact) mass is 453 g/mol. The minimum Gasteiger partial charge on any atom is -0.480 e. The first-order valence-electron chi connectivity index (χ1n) is 10.9. The van der Waals surface area contributed by atoms with Gasteiger partial charge in [0.25, 0.3) is 0 Å². The largest absolute Gasteiger partial charge is 0.480 e. The van der Waals surface area contributed by atoms with Crippen LogP contribution in [0.4, 0.5) is 0 Å². The van der Waals surface area contributed by atoms with E-state index in [4.69, 9.17) is 21.1 Å². The summed E-state index contributed by atoms with van der Waals surface area (Å²) >= 11 is 6.07. The average molecular weight is 454 g/mol. The van der Waals surface area contributed by atoms with E-state index in [1.807, 2.05) is 20.8 Å². The first-order chi connectivity index (χ1) is 14.6. The van der Waals surface area contributed by atoms with Crippen molar-refractivity contribution in [1.82, 2.24) is 5.32 Å². The maximum Gasteiger partial charge on any atom is 0.329 e. The topological polar surface area (TPSA) is 105 Å². The van der Waals surface area contributed by atoms with Crippen LogP contribution in [-0.4, -0.2) is 52.7 Å². The summed E-state index contributed by atoms with van der Waals surface area (Å²) in [7, 11) is 0. The summed E-state index contributed by atoms with van der Waals surface area (Å²) in [6.45, 7) is 6.46. The molecule has 1 amide bonds. The summed E-state index contributed by atoms with van der Waals surface area (Å²) in [5.74, 6) is -2.29. The number of carboxylic acid groups (broad SMARTS) is 1. The summed E-state index contributed by atoms with van der Waals surface area (Å²) in [5, 5.41) is 23.3. The van der Waals surface area contributed by atoms with Crippen LogP contribution in [-0.2, 0) is 25.5 Å². The fourth-order valence-electron chi connectivity index (χ4n) is 4.59. The van der Waals surface area contributed by atoms with Gasteiger partial charge in [0.05, 0.1) is 25.7 Å². The average Bonchev–Trinajstić information content (AvgIpc) is 2.72. The van der Waals surface area contributed by atoms with Crippen molar-refractivity contribution in [2.24, 2.45) is 5.92 Å². The molecule has 1 aliphatic heterocycles. The number of amides is 1. The maximum absolute atomic E-state index is 12.8. The van der Waals surface area contributed by atoms with E-state index in [9.17, 15) is 19.8 Å². The van der Waals surface area contributed by atoms with Gasteiger partial charge in [-0.25, -0.2) is 4.79 Å². The molecule has 1 saturated heterocycles. The summed E-state index contributed by atoms with van der Waals surface area (Å²) in [5.41, 5.74) is 1.32. The van der Waals surface area contributed by atoms with Crippen LogP contribution >= 0.6 is 11.6 Å². The minimum absolute atomic E-state index is 0.0765. The highest BCUT2D eigenvalue weighted by Gasteiger charge is 2.51. The predicted molar refractivity (Wildman–Crippen MR) is 116 cm³/mol. The number of hydrogen-bond acceptors (Lipinski definition) is 5. The van der Waals surface area contributed by atoms with E-state index in [-0.39, 0.29) is 31.1 Å². The van der Waals surface area contributed by atoms with Gasteiger partial charge in [-0.05, 0) is 61.9 Å². The highest BCUT2D eigenvalue weighted by molar-refractivity contribution is 6.30. The molecule has 1 heterocycles. The van der Waals surface area contributed by atoms with Crippen LogP contribution in [0.25, 0.3) is 0 Å². The van der Waals surface area contributed by atoms with Gasteiger partial charge in [0, 0.05) is 23.8 Å². The van der Waals surface area contributed by atoms with Gasteiger partial charge in [0.2, 0.25) is 5.91 Å². The van der Waals surface area contributed by atoms with E-state index >= 15 is 0 Å². The molecule has 1 spiro atoms. The lowest BCUT2D eigenvalue weighted by Gasteiger charge is -2.47. The van der Waals surface area contributed by atoms with Crippen molar-refractivity contribution in [2.45, 2.75) is 76.7 Å². The number of carbonyl (C=O) groups is 2. The number of aryl methyl sites for hydroxylation is 2. The number of carbonyl (C=O) groups excluding carboxylic acids is 1. The van der Waals surface area contributed by atoms with E-state index < -0.39 is 23.4 Å². The third kappa shape index (κ3) is 5.22. The van der Waals surface area contributed by atoms with Gasteiger partial charge >= 0.3 is 5.97 Å². The standard InChI is InChI=1S/C23H32ClNO6/c1-4-19(26)16-12-30-23(31-13-16)7-5-22(6-8-23,21(28)29)25-20(27)11-18-14(2)9-17(24)10-15(18)3/h9-10,16,19,26H,4-8,11-13H2,1-3H3,(H,25,27)(H,28,29). The van der Waals surface area contributed by atoms with Gasteiger partial charge in [0.1, 0.15) is 5.54 Å². The number of benzene rings is 1. The number of ether oxygens (including phenoxy) is 2. The number of halogens is 1. The molecular formula is C23H32ClNO6. The van der Waals surface area contributed by atoms with Crippen LogP contribution in [0.3, 0.4) is 0 Å². The molecule has 172 valence electrons. The lowest BCUT2D eigenvalue weighted by molar-refractivity contribution is -0.306. The number of nitrogens with one attached hydrogen (secondary N) is 1. The number of carboxylic acids is 1. The Morgan fingerprint density at radius 3 is 2.19 bits per heavy atom.